The zero-order valence-electron chi connectivity index (χ0n) is 28.1. The molecule has 0 aromatic carbocycles. The number of hydrogen-bond acceptors (Lipinski definition) is 5. The summed E-state index contributed by atoms with van der Waals surface area (Å²) in [6.45, 7) is 10.1. The number of amides is 1. The maximum absolute atomic E-state index is 12.5. The quantitative estimate of drug-likeness (QED) is 0.0471. The lowest BCUT2D eigenvalue weighted by molar-refractivity contribution is -0.150. The van der Waals surface area contributed by atoms with Gasteiger partial charge >= 0.3 is 11.9 Å². The van der Waals surface area contributed by atoms with Crippen molar-refractivity contribution in [1.29, 1.82) is 0 Å². The van der Waals surface area contributed by atoms with Crippen molar-refractivity contribution in [1.82, 2.24) is 4.90 Å². The zero-order valence-corrected chi connectivity index (χ0v) is 28.1. The van der Waals surface area contributed by atoms with Crippen LogP contribution in [-0.2, 0) is 23.9 Å². The van der Waals surface area contributed by atoms with Gasteiger partial charge in [-0.2, -0.15) is 0 Å². The molecule has 0 atom stereocenters. The van der Waals surface area contributed by atoms with Crippen LogP contribution in [0.1, 0.15) is 175 Å². The summed E-state index contributed by atoms with van der Waals surface area (Å²) >= 11 is 0. The molecule has 0 aliphatic heterocycles. The highest BCUT2D eigenvalue weighted by Crippen LogP contribution is 2.17. The van der Waals surface area contributed by atoms with E-state index >= 15 is 0 Å². The van der Waals surface area contributed by atoms with Gasteiger partial charge in [0.05, 0.1) is 0 Å². The van der Waals surface area contributed by atoms with E-state index in [1.165, 1.54) is 64.2 Å². The van der Waals surface area contributed by atoms with Gasteiger partial charge in [0, 0.05) is 32.9 Å². The minimum Gasteiger partial charge on any atom is -0.462 e. The fourth-order valence-electron chi connectivity index (χ4n) is 5.12. The number of rotatable bonds is 30. The average molecular weight is 594 g/mol. The van der Waals surface area contributed by atoms with E-state index in [1.807, 2.05) is 11.0 Å². The summed E-state index contributed by atoms with van der Waals surface area (Å²) in [5.41, 5.74) is 0. The van der Waals surface area contributed by atoms with Gasteiger partial charge in [0.25, 0.3) is 0 Å². The SMILES string of the molecule is CCCCCC/C=C\COC(=O)CCCCCN(CCCCCC(=O)OC(CCCCCC)CCCCCC)C(C)=O. The molecule has 0 aliphatic carbocycles. The summed E-state index contributed by atoms with van der Waals surface area (Å²) < 4.78 is 11.2. The smallest absolute Gasteiger partial charge is 0.306 e. The summed E-state index contributed by atoms with van der Waals surface area (Å²) in [4.78, 5) is 38.4. The molecular weight excluding hydrogens is 526 g/mol. The van der Waals surface area contributed by atoms with E-state index in [2.05, 4.69) is 26.8 Å². The van der Waals surface area contributed by atoms with Gasteiger partial charge in [0.2, 0.25) is 5.91 Å². The summed E-state index contributed by atoms with van der Waals surface area (Å²) in [6.07, 6.45) is 27.9. The van der Waals surface area contributed by atoms with Crippen LogP contribution in [0.4, 0.5) is 0 Å². The van der Waals surface area contributed by atoms with Crippen molar-refractivity contribution >= 4 is 17.8 Å². The fraction of sp³-hybridized carbons (Fsp3) is 0.861. The second-order valence-electron chi connectivity index (χ2n) is 11.9. The normalized spacial score (nSPS) is 11.4. The second-order valence-corrected chi connectivity index (χ2v) is 11.9. The third kappa shape index (κ3) is 27.0. The predicted molar refractivity (Wildman–Crippen MR) is 175 cm³/mol. The van der Waals surface area contributed by atoms with Crippen LogP contribution in [0.15, 0.2) is 12.2 Å². The summed E-state index contributed by atoms with van der Waals surface area (Å²) in [6, 6.07) is 0. The third-order valence-corrected chi connectivity index (χ3v) is 7.85. The molecule has 0 saturated carbocycles. The Morgan fingerprint density at radius 2 is 1.10 bits per heavy atom. The molecule has 6 nitrogen and oxygen atoms in total. The van der Waals surface area contributed by atoms with Gasteiger partial charge in [-0.25, -0.2) is 0 Å². The van der Waals surface area contributed by atoms with Crippen molar-refractivity contribution in [3.05, 3.63) is 12.2 Å². The van der Waals surface area contributed by atoms with E-state index in [-0.39, 0.29) is 23.9 Å². The second kappa shape index (κ2) is 30.6. The Morgan fingerprint density at radius 1 is 0.595 bits per heavy atom. The first-order chi connectivity index (χ1) is 20.4. The number of allylic oxidation sites excluding steroid dienone is 1. The maximum atomic E-state index is 12.5. The van der Waals surface area contributed by atoms with Gasteiger partial charge in [0.15, 0.2) is 0 Å². The monoisotopic (exact) mass is 594 g/mol. The van der Waals surface area contributed by atoms with Gasteiger partial charge in [-0.05, 0) is 64.2 Å². The van der Waals surface area contributed by atoms with Gasteiger partial charge in [-0.3, -0.25) is 14.4 Å². The van der Waals surface area contributed by atoms with Crippen LogP contribution in [0.5, 0.6) is 0 Å². The van der Waals surface area contributed by atoms with Crippen LogP contribution >= 0.6 is 0 Å². The minimum atomic E-state index is -0.146. The number of hydrogen-bond donors (Lipinski definition) is 0. The van der Waals surface area contributed by atoms with Gasteiger partial charge in [-0.1, -0.05) is 104 Å². The van der Waals surface area contributed by atoms with Crippen molar-refractivity contribution in [3.63, 3.8) is 0 Å². The molecule has 1 amide bonds. The Hall–Kier alpha value is -1.85. The van der Waals surface area contributed by atoms with E-state index in [4.69, 9.17) is 9.47 Å². The molecule has 0 fully saturated rings. The van der Waals surface area contributed by atoms with Crippen LogP contribution in [0.25, 0.3) is 0 Å². The highest BCUT2D eigenvalue weighted by Gasteiger charge is 2.14. The molecule has 0 unspecified atom stereocenters. The topological polar surface area (TPSA) is 72.9 Å². The van der Waals surface area contributed by atoms with E-state index < -0.39 is 0 Å². The number of nitrogens with zero attached hydrogens (tertiary/aromatic N) is 1. The lowest BCUT2D eigenvalue weighted by atomic mass is 10.0. The van der Waals surface area contributed by atoms with E-state index in [0.29, 0.717) is 32.5 Å². The maximum Gasteiger partial charge on any atom is 0.306 e. The first-order valence-electron chi connectivity index (χ1n) is 17.7. The summed E-state index contributed by atoms with van der Waals surface area (Å²) in [5.74, 6) is -0.123. The van der Waals surface area contributed by atoms with Crippen molar-refractivity contribution in [2.24, 2.45) is 0 Å². The number of unbranched alkanes of at least 4 members (excludes halogenated alkanes) is 14. The van der Waals surface area contributed by atoms with Crippen molar-refractivity contribution in [2.45, 2.75) is 181 Å². The zero-order chi connectivity index (χ0) is 31.1. The number of carbonyl (C=O) groups excluding carboxylic acids is 3. The van der Waals surface area contributed by atoms with Gasteiger partial charge < -0.3 is 14.4 Å². The Kier molecular flexibility index (Phi) is 29.3. The minimum absolute atomic E-state index is 0.0636. The molecule has 6 heteroatoms. The highest BCUT2D eigenvalue weighted by molar-refractivity contribution is 5.73. The largest absolute Gasteiger partial charge is 0.462 e. The van der Waals surface area contributed by atoms with Crippen molar-refractivity contribution in [3.8, 4) is 0 Å². The first kappa shape index (κ1) is 40.1. The fourth-order valence-corrected chi connectivity index (χ4v) is 5.12. The Morgan fingerprint density at radius 3 is 1.62 bits per heavy atom. The van der Waals surface area contributed by atoms with Crippen LogP contribution in [0.2, 0.25) is 0 Å². The number of esters is 2. The molecule has 246 valence electrons. The molecule has 0 N–H and O–H groups in total. The van der Waals surface area contributed by atoms with Crippen LogP contribution in [0.3, 0.4) is 0 Å². The third-order valence-electron chi connectivity index (χ3n) is 7.85. The van der Waals surface area contributed by atoms with Gasteiger partial charge in [0.1, 0.15) is 12.7 Å². The molecule has 0 spiro atoms. The van der Waals surface area contributed by atoms with Crippen molar-refractivity contribution in [2.75, 3.05) is 19.7 Å². The lowest BCUT2D eigenvalue weighted by Crippen LogP contribution is -2.30. The summed E-state index contributed by atoms with van der Waals surface area (Å²) in [5, 5.41) is 0. The van der Waals surface area contributed by atoms with Gasteiger partial charge in [-0.15, -0.1) is 0 Å². The molecule has 0 rings (SSSR count). The highest BCUT2D eigenvalue weighted by atomic mass is 16.5. The summed E-state index contributed by atoms with van der Waals surface area (Å²) in [7, 11) is 0. The molecule has 0 saturated heterocycles. The van der Waals surface area contributed by atoms with E-state index in [0.717, 1.165) is 70.6 Å². The number of ether oxygens (including phenoxy) is 2. The number of carbonyl (C=O) groups is 3. The molecule has 42 heavy (non-hydrogen) atoms. The first-order valence-corrected chi connectivity index (χ1v) is 17.7. The Bertz CT molecular complexity index is 666. The molecule has 0 radical (unpaired) electrons. The molecule has 0 heterocycles. The average Bonchev–Trinajstić information content (AvgIpc) is 2.97. The van der Waals surface area contributed by atoms with Crippen LogP contribution in [0, 0.1) is 0 Å². The molecule has 0 aliphatic rings. The molecule has 0 aromatic heterocycles. The molecule has 0 bridgehead atoms. The van der Waals surface area contributed by atoms with Crippen LogP contribution < -0.4 is 0 Å². The Labute approximate surface area is 259 Å². The lowest BCUT2D eigenvalue weighted by Gasteiger charge is -2.21. The van der Waals surface area contributed by atoms with Crippen molar-refractivity contribution < 1.29 is 23.9 Å². The van der Waals surface area contributed by atoms with E-state index in [9.17, 15) is 14.4 Å². The standard InChI is InChI=1S/C36H67NO5/c1-5-8-11-14-15-16-25-32-41-35(39)28-21-17-23-30-37(33(4)38)31-24-18-22-29-36(40)42-34(26-19-12-9-6-2)27-20-13-10-7-3/h16,25,34H,5-15,17-24,26-32H2,1-4H3/b25-16-. The molecular formula is C36H67NO5. The molecule has 0 aromatic rings. The van der Waals surface area contributed by atoms with Crippen LogP contribution in [-0.4, -0.2) is 48.5 Å². The Balaban J connectivity index is 4.03. The van der Waals surface area contributed by atoms with E-state index in [1.54, 1.807) is 6.92 Å². The predicted octanol–water partition coefficient (Wildman–Crippen LogP) is 9.88.